The van der Waals surface area contributed by atoms with Crippen molar-refractivity contribution in [3.8, 4) is 11.1 Å². The van der Waals surface area contributed by atoms with Crippen molar-refractivity contribution in [3.63, 3.8) is 0 Å². The van der Waals surface area contributed by atoms with Crippen LogP contribution in [0.15, 0.2) is 36.4 Å². The molecule has 97 valence electrons. The van der Waals surface area contributed by atoms with Crippen molar-refractivity contribution in [2.45, 2.75) is 39.5 Å². The maximum Gasteiger partial charge on any atom is 0.0211 e. The van der Waals surface area contributed by atoms with Crippen LogP contribution in [0.1, 0.15) is 48.9 Å². The Labute approximate surface area is 116 Å². The molecule has 0 unspecified atom stereocenters. The topological polar surface area (TPSA) is 0 Å². The van der Waals surface area contributed by atoms with Crippen molar-refractivity contribution in [1.82, 2.24) is 0 Å². The fraction of sp³-hybridized carbons (Fsp3) is 0.316. The highest BCUT2D eigenvalue weighted by atomic mass is 14.2. The number of hydrogen-bond acceptors (Lipinski definition) is 0. The molecule has 0 spiro atoms. The van der Waals surface area contributed by atoms with Crippen LogP contribution in [0.3, 0.4) is 0 Å². The predicted molar refractivity (Wildman–Crippen MR) is 82.4 cm³/mol. The number of aryl methyl sites for hydroxylation is 2. The van der Waals surface area contributed by atoms with Crippen LogP contribution in [0.5, 0.6) is 0 Å². The molecule has 1 radical (unpaired) electrons. The van der Waals surface area contributed by atoms with Gasteiger partial charge in [0.15, 0.2) is 0 Å². The fourth-order valence-electron chi connectivity index (χ4n) is 2.98. The molecule has 0 heteroatoms. The Hall–Kier alpha value is -1.56. The second-order valence-electron chi connectivity index (χ2n) is 5.49. The van der Waals surface area contributed by atoms with E-state index in [1.54, 1.807) is 0 Å². The lowest BCUT2D eigenvalue weighted by molar-refractivity contribution is 0.920. The molecule has 1 aliphatic rings. The van der Waals surface area contributed by atoms with E-state index in [0.717, 1.165) is 0 Å². The molecule has 0 saturated carbocycles. The largest absolute Gasteiger partial charge is 0.0651 e. The summed E-state index contributed by atoms with van der Waals surface area (Å²) < 4.78 is 0. The highest BCUT2D eigenvalue weighted by Gasteiger charge is 2.19. The molecule has 0 nitrogen and oxygen atoms in total. The summed E-state index contributed by atoms with van der Waals surface area (Å²) in [5.74, 6) is 0. The van der Waals surface area contributed by atoms with Gasteiger partial charge in [0.25, 0.3) is 0 Å². The van der Waals surface area contributed by atoms with Crippen molar-refractivity contribution in [3.05, 3.63) is 65.1 Å². The molecule has 0 saturated heterocycles. The van der Waals surface area contributed by atoms with E-state index in [0.29, 0.717) is 0 Å². The molecule has 1 aliphatic carbocycles. The van der Waals surface area contributed by atoms with E-state index in [1.807, 2.05) is 0 Å². The van der Waals surface area contributed by atoms with Crippen molar-refractivity contribution in [1.29, 1.82) is 0 Å². The van der Waals surface area contributed by atoms with Gasteiger partial charge in [0.05, 0.1) is 0 Å². The number of benzene rings is 2. The first-order valence-corrected chi connectivity index (χ1v) is 7.42. The molecule has 0 heterocycles. The Morgan fingerprint density at radius 3 is 1.58 bits per heavy atom. The Balaban J connectivity index is 2.03. The third-order valence-corrected chi connectivity index (χ3v) is 3.91. The lowest BCUT2D eigenvalue weighted by atomic mass is 9.98. The first-order chi connectivity index (χ1) is 9.31. The second-order valence-corrected chi connectivity index (χ2v) is 5.49. The maximum atomic E-state index is 2.39. The highest BCUT2D eigenvalue weighted by Crippen LogP contribution is 2.39. The number of rotatable bonds is 4. The van der Waals surface area contributed by atoms with Gasteiger partial charge in [-0.15, -0.1) is 0 Å². The van der Waals surface area contributed by atoms with Crippen molar-refractivity contribution in [2.75, 3.05) is 0 Å². The van der Waals surface area contributed by atoms with Crippen molar-refractivity contribution in [2.24, 2.45) is 0 Å². The zero-order valence-electron chi connectivity index (χ0n) is 11.9. The summed E-state index contributed by atoms with van der Waals surface area (Å²) in [6.45, 7) is 4.49. The van der Waals surface area contributed by atoms with Crippen LogP contribution in [0, 0.1) is 6.42 Å². The van der Waals surface area contributed by atoms with Crippen molar-refractivity contribution >= 4 is 0 Å². The quantitative estimate of drug-likeness (QED) is 0.598. The molecule has 0 amide bonds. The van der Waals surface area contributed by atoms with Crippen LogP contribution in [0.2, 0.25) is 0 Å². The normalized spacial score (nSPS) is 12.3. The van der Waals surface area contributed by atoms with Gasteiger partial charge in [-0.2, -0.15) is 0 Å². The van der Waals surface area contributed by atoms with Gasteiger partial charge in [0, 0.05) is 6.42 Å². The fourth-order valence-corrected chi connectivity index (χ4v) is 2.98. The second kappa shape index (κ2) is 5.21. The Morgan fingerprint density at radius 2 is 1.16 bits per heavy atom. The molecule has 0 N–H and O–H groups in total. The SMILES string of the molecule is CCCc1ccc2c(c1)-c1cc(CCC)ccc1[CH]2. The van der Waals surface area contributed by atoms with Gasteiger partial charge in [0.2, 0.25) is 0 Å². The van der Waals surface area contributed by atoms with E-state index in [1.165, 1.54) is 59.1 Å². The minimum Gasteiger partial charge on any atom is -0.0651 e. The molecule has 0 aromatic heterocycles. The summed E-state index contributed by atoms with van der Waals surface area (Å²) in [6.07, 6.45) is 7.10. The van der Waals surface area contributed by atoms with E-state index in [2.05, 4.69) is 56.7 Å². The molecule has 0 fully saturated rings. The van der Waals surface area contributed by atoms with Crippen LogP contribution >= 0.6 is 0 Å². The third-order valence-electron chi connectivity index (χ3n) is 3.91. The smallest absolute Gasteiger partial charge is 0.0211 e. The summed E-state index contributed by atoms with van der Waals surface area (Å²) >= 11 is 0. The molecule has 2 aromatic carbocycles. The van der Waals surface area contributed by atoms with E-state index >= 15 is 0 Å². The highest BCUT2D eigenvalue weighted by molar-refractivity contribution is 5.81. The third kappa shape index (κ3) is 2.32. The zero-order chi connectivity index (χ0) is 13.2. The summed E-state index contributed by atoms with van der Waals surface area (Å²) in [5.41, 5.74) is 8.54. The molecule has 0 atom stereocenters. The Kier molecular flexibility index (Phi) is 3.42. The van der Waals surface area contributed by atoms with Gasteiger partial charge in [-0.3, -0.25) is 0 Å². The summed E-state index contributed by atoms with van der Waals surface area (Å²) in [7, 11) is 0. The average molecular weight is 249 g/mol. The van der Waals surface area contributed by atoms with E-state index in [9.17, 15) is 0 Å². The number of fused-ring (bicyclic) bond motifs is 3. The first-order valence-electron chi connectivity index (χ1n) is 7.42. The van der Waals surface area contributed by atoms with Crippen molar-refractivity contribution < 1.29 is 0 Å². The Bertz CT molecular complexity index is 539. The van der Waals surface area contributed by atoms with Crippen LogP contribution in [0.4, 0.5) is 0 Å². The van der Waals surface area contributed by atoms with Gasteiger partial charge in [0.1, 0.15) is 0 Å². The van der Waals surface area contributed by atoms with Gasteiger partial charge < -0.3 is 0 Å². The van der Waals surface area contributed by atoms with Gasteiger partial charge in [-0.05, 0) is 46.2 Å². The van der Waals surface area contributed by atoms with Crippen LogP contribution in [0.25, 0.3) is 11.1 Å². The number of hydrogen-bond donors (Lipinski definition) is 0. The molecule has 3 rings (SSSR count). The molecule has 19 heavy (non-hydrogen) atoms. The minimum atomic E-state index is 1.18. The van der Waals surface area contributed by atoms with Gasteiger partial charge in [-0.1, -0.05) is 63.1 Å². The molecular formula is C19H21. The lowest BCUT2D eigenvalue weighted by Gasteiger charge is -2.06. The molecule has 0 aliphatic heterocycles. The lowest BCUT2D eigenvalue weighted by Crippen LogP contribution is -1.87. The van der Waals surface area contributed by atoms with Gasteiger partial charge in [-0.25, -0.2) is 0 Å². The molecule has 2 aromatic rings. The van der Waals surface area contributed by atoms with Gasteiger partial charge >= 0.3 is 0 Å². The van der Waals surface area contributed by atoms with E-state index < -0.39 is 0 Å². The van der Waals surface area contributed by atoms with Crippen LogP contribution < -0.4 is 0 Å². The predicted octanol–water partition coefficient (Wildman–Crippen LogP) is 5.17. The van der Waals surface area contributed by atoms with E-state index in [-0.39, 0.29) is 0 Å². The standard InChI is InChI=1S/C19H21/c1-3-5-14-7-9-16-13-17-10-8-15(6-4-2)12-19(17)18(16)11-14/h7-13H,3-6H2,1-2H3. The van der Waals surface area contributed by atoms with E-state index in [4.69, 9.17) is 0 Å². The zero-order valence-corrected chi connectivity index (χ0v) is 11.9. The van der Waals surface area contributed by atoms with Crippen LogP contribution in [-0.4, -0.2) is 0 Å². The summed E-state index contributed by atoms with van der Waals surface area (Å²) in [5, 5.41) is 0. The monoisotopic (exact) mass is 249 g/mol. The van der Waals surface area contributed by atoms with Crippen LogP contribution in [-0.2, 0) is 12.8 Å². The molecular weight excluding hydrogens is 228 g/mol. The minimum absolute atomic E-state index is 1.18. The summed E-state index contributed by atoms with van der Waals surface area (Å²) in [6, 6.07) is 13.9. The Morgan fingerprint density at radius 1 is 0.684 bits per heavy atom. The average Bonchev–Trinajstić information content (AvgIpc) is 2.77. The summed E-state index contributed by atoms with van der Waals surface area (Å²) in [4.78, 5) is 0. The first kappa shape index (κ1) is 12.5. The molecule has 0 bridgehead atoms. The maximum absolute atomic E-state index is 2.39.